The summed E-state index contributed by atoms with van der Waals surface area (Å²) < 4.78 is 5.92. The molecule has 0 fully saturated rings. The molecule has 1 heterocycles. The lowest BCUT2D eigenvalue weighted by Gasteiger charge is -2.23. The van der Waals surface area contributed by atoms with Crippen LogP contribution in [0, 0.1) is 0 Å². The van der Waals surface area contributed by atoms with Crippen molar-refractivity contribution in [2.45, 2.75) is 20.0 Å². The summed E-state index contributed by atoms with van der Waals surface area (Å²) in [7, 11) is 0. The van der Waals surface area contributed by atoms with Gasteiger partial charge in [-0.05, 0) is 61.9 Å². The van der Waals surface area contributed by atoms with Gasteiger partial charge >= 0.3 is 0 Å². The molecule has 1 unspecified atom stereocenters. The van der Waals surface area contributed by atoms with Crippen LogP contribution in [-0.2, 0) is 4.79 Å². The number of para-hydroxylation sites is 1. The van der Waals surface area contributed by atoms with E-state index in [0.29, 0.717) is 17.1 Å². The number of rotatable bonds is 5. The van der Waals surface area contributed by atoms with Crippen LogP contribution in [0.25, 0.3) is 6.08 Å². The Labute approximate surface area is 169 Å². The second-order valence-corrected chi connectivity index (χ2v) is 6.76. The first-order valence-electron chi connectivity index (χ1n) is 9.02. The zero-order valence-corrected chi connectivity index (χ0v) is 16.4. The van der Waals surface area contributed by atoms with Crippen LogP contribution in [0.3, 0.4) is 0 Å². The molecule has 3 rings (SSSR count). The first-order chi connectivity index (χ1) is 13.5. The number of carbonyl (C=O) groups excluding carboxylic acids is 2. The number of hydrogen-bond acceptors (Lipinski definition) is 3. The molecule has 2 aromatic carbocycles. The SMILES string of the molecule is CCNC(=O)/C(=C/C1=Cc2ccccc2OC1C)NC(=O)c1ccc(Cl)cc1. The summed E-state index contributed by atoms with van der Waals surface area (Å²) in [6.45, 7) is 4.16. The van der Waals surface area contributed by atoms with E-state index >= 15 is 0 Å². The molecule has 0 saturated heterocycles. The number of nitrogens with one attached hydrogen (secondary N) is 2. The third-order valence-corrected chi connectivity index (χ3v) is 4.51. The molecule has 1 aliphatic heterocycles. The maximum absolute atomic E-state index is 12.6. The van der Waals surface area contributed by atoms with Gasteiger partial charge in [0.25, 0.3) is 11.8 Å². The molecule has 28 heavy (non-hydrogen) atoms. The van der Waals surface area contributed by atoms with Crippen molar-refractivity contribution in [3.05, 3.63) is 82.0 Å². The summed E-state index contributed by atoms with van der Waals surface area (Å²) in [5.74, 6) is 0.0354. The van der Waals surface area contributed by atoms with Crippen molar-refractivity contribution in [3.8, 4) is 5.75 Å². The quantitative estimate of drug-likeness (QED) is 0.752. The third kappa shape index (κ3) is 4.61. The summed E-state index contributed by atoms with van der Waals surface area (Å²) in [6.07, 6.45) is 3.35. The number of fused-ring (bicyclic) bond motifs is 1. The van der Waals surface area contributed by atoms with Crippen molar-refractivity contribution in [3.63, 3.8) is 0 Å². The number of likely N-dealkylation sites (N-methyl/N-ethyl adjacent to an activating group) is 1. The van der Waals surface area contributed by atoms with E-state index in [2.05, 4.69) is 10.6 Å². The number of ether oxygens (including phenoxy) is 1. The molecule has 1 aliphatic rings. The fourth-order valence-corrected chi connectivity index (χ4v) is 2.92. The lowest BCUT2D eigenvalue weighted by molar-refractivity contribution is -0.117. The average molecular weight is 397 g/mol. The lowest BCUT2D eigenvalue weighted by atomic mass is 10.0. The van der Waals surface area contributed by atoms with Crippen molar-refractivity contribution in [2.24, 2.45) is 0 Å². The van der Waals surface area contributed by atoms with Crippen LogP contribution in [-0.4, -0.2) is 24.5 Å². The smallest absolute Gasteiger partial charge is 0.267 e. The highest BCUT2D eigenvalue weighted by Gasteiger charge is 2.20. The standard InChI is InChI=1S/C22H21ClN2O3/c1-3-24-22(27)19(25-21(26)15-8-10-18(23)11-9-15)13-17-12-16-6-4-5-7-20(16)28-14(17)2/h4-14H,3H2,1-2H3,(H,24,27)(H,25,26)/b19-13-. The molecule has 6 heteroatoms. The largest absolute Gasteiger partial charge is 0.485 e. The fraction of sp³-hybridized carbons (Fsp3) is 0.182. The van der Waals surface area contributed by atoms with Crippen molar-refractivity contribution in [1.29, 1.82) is 0 Å². The summed E-state index contributed by atoms with van der Waals surface area (Å²) >= 11 is 5.87. The van der Waals surface area contributed by atoms with E-state index < -0.39 is 0 Å². The third-order valence-electron chi connectivity index (χ3n) is 4.26. The number of hydrogen-bond donors (Lipinski definition) is 2. The molecule has 144 valence electrons. The number of amides is 2. The second-order valence-electron chi connectivity index (χ2n) is 6.32. The Morgan fingerprint density at radius 3 is 2.57 bits per heavy atom. The lowest BCUT2D eigenvalue weighted by Crippen LogP contribution is -2.35. The topological polar surface area (TPSA) is 67.4 Å². The van der Waals surface area contributed by atoms with E-state index in [9.17, 15) is 9.59 Å². The van der Waals surface area contributed by atoms with E-state index in [4.69, 9.17) is 16.3 Å². The fourth-order valence-electron chi connectivity index (χ4n) is 2.80. The second kappa shape index (κ2) is 8.76. The summed E-state index contributed by atoms with van der Waals surface area (Å²) in [4.78, 5) is 25.1. The Hall–Kier alpha value is -3.05. The van der Waals surface area contributed by atoms with Crippen molar-refractivity contribution >= 4 is 29.5 Å². The average Bonchev–Trinajstić information content (AvgIpc) is 2.68. The Bertz CT molecular complexity index is 949. The predicted molar refractivity (Wildman–Crippen MR) is 110 cm³/mol. The van der Waals surface area contributed by atoms with Gasteiger partial charge < -0.3 is 15.4 Å². The molecule has 2 amide bonds. The van der Waals surface area contributed by atoms with Gasteiger partial charge in [-0.1, -0.05) is 29.8 Å². The van der Waals surface area contributed by atoms with Gasteiger partial charge in [-0.2, -0.15) is 0 Å². The molecule has 0 spiro atoms. The zero-order valence-electron chi connectivity index (χ0n) is 15.7. The highest BCUT2D eigenvalue weighted by Crippen LogP contribution is 2.30. The van der Waals surface area contributed by atoms with Gasteiger partial charge in [-0.15, -0.1) is 0 Å². The van der Waals surface area contributed by atoms with E-state index in [-0.39, 0.29) is 23.6 Å². The molecule has 2 N–H and O–H groups in total. The highest BCUT2D eigenvalue weighted by molar-refractivity contribution is 6.30. The van der Waals surface area contributed by atoms with Gasteiger partial charge in [0.1, 0.15) is 17.6 Å². The molecular weight excluding hydrogens is 376 g/mol. The van der Waals surface area contributed by atoms with Gasteiger partial charge in [-0.25, -0.2) is 0 Å². The first-order valence-corrected chi connectivity index (χ1v) is 9.40. The maximum Gasteiger partial charge on any atom is 0.267 e. The van der Waals surface area contributed by atoms with Gasteiger partial charge in [0.2, 0.25) is 0 Å². The Kier molecular flexibility index (Phi) is 6.16. The van der Waals surface area contributed by atoms with Gasteiger partial charge in [-0.3, -0.25) is 9.59 Å². The van der Waals surface area contributed by atoms with E-state index in [1.54, 1.807) is 30.3 Å². The van der Waals surface area contributed by atoms with Crippen LogP contribution in [0.2, 0.25) is 5.02 Å². The van der Waals surface area contributed by atoms with Crippen molar-refractivity contribution in [1.82, 2.24) is 10.6 Å². The first kappa shape index (κ1) is 19.7. The van der Waals surface area contributed by atoms with Crippen LogP contribution in [0.5, 0.6) is 5.75 Å². The minimum atomic E-state index is -0.389. The van der Waals surface area contributed by atoms with Crippen molar-refractivity contribution < 1.29 is 14.3 Å². The van der Waals surface area contributed by atoms with Gasteiger partial charge in [0, 0.05) is 22.7 Å². The Balaban J connectivity index is 1.91. The van der Waals surface area contributed by atoms with Crippen LogP contribution in [0.1, 0.15) is 29.8 Å². The van der Waals surface area contributed by atoms with Crippen LogP contribution in [0.4, 0.5) is 0 Å². The van der Waals surface area contributed by atoms with E-state index in [1.807, 2.05) is 44.2 Å². The molecule has 1 atom stereocenters. The number of halogens is 1. The highest BCUT2D eigenvalue weighted by atomic mass is 35.5. The Morgan fingerprint density at radius 2 is 1.86 bits per heavy atom. The number of carbonyl (C=O) groups is 2. The van der Waals surface area contributed by atoms with E-state index in [1.165, 1.54) is 0 Å². The molecule has 0 aliphatic carbocycles. The molecule has 0 saturated carbocycles. The minimum Gasteiger partial charge on any atom is -0.485 e. The normalized spacial score (nSPS) is 15.8. The van der Waals surface area contributed by atoms with Gasteiger partial charge in [0.05, 0.1) is 0 Å². The summed E-state index contributed by atoms with van der Waals surface area (Å²) in [5, 5.41) is 5.96. The van der Waals surface area contributed by atoms with Crippen LogP contribution in [0.15, 0.2) is 65.9 Å². The molecule has 5 nitrogen and oxygen atoms in total. The number of benzene rings is 2. The molecular formula is C22H21ClN2O3. The maximum atomic E-state index is 12.6. The molecule has 0 bridgehead atoms. The molecule has 0 radical (unpaired) electrons. The Morgan fingerprint density at radius 1 is 1.14 bits per heavy atom. The monoisotopic (exact) mass is 396 g/mol. The molecule has 2 aromatic rings. The van der Waals surface area contributed by atoms with Crippen LogP contribution >= 0.6 is 11.6 Å². The van der Waals surface area contributed by atoms with Crippen LogP contribution < -0.4 is 15.4 Å². The molecule has 0 aromatic heterocycles. The van der Waals surface area contributed by atoms with Crippen molar-refractivity contribution in [2.75, 3.05) is 6.54 Å². The zero-order chi connectivity index (χ0) is 20.1. The summed E-state index contributed by atoms with van der Waals surface area (Å²) in [6, 6.07) is 14.1. The minimum absolute atomic E-state index is 0.155. The predicted octanol–water partition coefficient (Wildman–Crippen LogP) is 3.95. The van der Waals surface area contributed by atoms with E-state index in [0.717, 1.165) is 16.9 Å². The summed E-state index contributed by atoms with van der Waals surface area (Å²) in [5.41, 5.74) is 2.28. The van der Waals surface area contributed by atoms with Gasteiger partial charge in [0.15, 0.2) is 0 Å².